The molecule has 1 aliphatic heterocycles. The minimum absolute atomic E-state index is 0.103. The second-order valence-corrected chi connectivity index (χ2v) is 9.05. The van der Waals surface area contributed by atoms with Crippen LogP contribution in [0.25, 0.3) is 0 Å². The highest BCUT2D eigenvalue weighted by molar-refractivity contribution is 5.89. The number of hydrogen-bond donors (Lipinski definition) is 0. The molecule has 1 saturated heterocycles. The number of methoxy groups -OCH3 is 1. The van der Waals surface area contributed by atoms with E-state index < -0.39 is 11.8 Å². The van der Waals surface area contributed by atoms with Crippen LogP contribution in [-0.4, -0.2) is 44.0 Å². The van der Waals surface area contributed by atoms with Crippen molar-refractivity contribution in [3.05, 3.63) is 53.5 Å². The third-order valence-corrected chi connectivity index (χ3v) is 6.89. The maximum Gasteiger partial charge on any atom is 0.572 e. The number of nitrogens with zero attached hydrogens (tertiary/aromatic N) is 1. The molecule has 2 fully saturated rings. The van der Waals surface area contributed by atoms with Gasteiger partial charge in [0.1, 0.15) is 11.5 Å². The first kappa shape index (κ1) is 23.5. The summed E-state index contributed by atoms with van der Waals surface area (Å²) in [5.41, 5.74) is 0.606. The molecule has 180 valence electrons. The summed E-state index contributed by atoms with van der Waals surface area (Å²) in [6.07, 6.45) is 3.37. The molecule has 2 aliphatic carbocycles. The highest BCUT2D eigenvalue weighted by atomic mass is 19.4. The molecule has 0 N–H and O–H groups in total. The summed E-state index contributed by atoms with van der Waals surface area (Å²) in [4.78, 5) is 15.6. The van der Waals surface area contributed by atoms with E-state index in [-0.39, 0.29) is 24.0 Å². The Labute approximate surface area is 192 Å². The molecule has 1 aromatic rings. The van der Waals surface area contributed by atoms with E-state index in [1.54, 1.807) is 13.2 Å². The normalized spacial score (nSPS) is 22.5. The predicted octanol–water partition coefficient (Wildman–Crippen LogP) is 5.47. The van der Waals surface area contributed by atoms with Crippen LogP contribution in [0.2, 0.25) is 0 Å². The summed E-state index contributed by atoms with van der Waals surface area (Å²) in [5.74, 6) is 1.72. The molecule has 1 amide bonds. The lowest BCUT2D eigenvalue weighted by Crippen LogP contribution is -2.53. The molecule has 5 nitrogen and oxygen atoms in total. The number of amides is 1. The number of carbonyl (C=O) groups is 1. The standard InChI is InChI=1S/C25H30F3NO4/c1-31-20-7-5-19(6-8-20)24(13-3-14-24)23(30)29-15-2-4-18(16-29)17-32-21-9-11-22(12-10-21)33-25(26,27)28/h5-9,11,18H,2-4,10,12-17H2,1H3/t18-/m1/s1. The molecule has 1 aromatic carbocycles. The Morgan fingerprint density at radius 2 is 1.79 bits per heavy atom. The highest BCUT2D eigenvalue weighted by Gasteiger charge is 2.48. The lowest BCUT2D eigenvalue weighted by Gasteiger charge is -2.46. The Bertz CT molecular complexity index is 903. The van der Waals surface area contributed by atoms with Gasteiger partial charge in [-0.25, -0.2) is 0 Å². The van der Waals surface area contributed by atoms with Gasteiger partial charge >= 0.3 is 6.36 Å². The topological polar surface area (TPSA) is 48.0 Å². The zero-order valence-electron chi connectivity index (χ0n) is 18.8. The van der Waals surface area contributed by atoms with Crippen molar-refractivity contribution in [2.75, 3.05) is 26.8 Å². The summed E-state index contributed by atoms with van der Waals surface area (Å²) in [6.45, 7) is 1.84. The number of carbonyl (C=O) groups excluding carboxylic acids is 1. The molecule has 0 spiro atoms. The Morgan fingerprint density at radius 3 is 2.36 bits per heavy atom. The number of rotatable bonds is 7. The summed E-state index contributed by atoms with van der Waals surface area (Å²) in [7, 11) is 1.63. The molecule has 1 atom stereocenters. The van der Waals surface area contributed by atoms with Crippen LogP contribution in [0.3, 0.4) is 0 Å². The Hall–Kier alpha value is -2.64. The van der Waals surface area contributed by atoms with Gasteiger partial charge in [0.15, 0.2) is 0 Å². The van der Waals surface area contributed by atoms with Gasteiger partial charge in [-0.2, -0.15) is 0 Å². The number of piperidine rings is 1. The number of hydrogen-bond acceptors (Lipinski definition) is 4. The summed E-state index contributed by atoms with van der Waals surface area (Å²) in [5, 5.41) is 0. The van der Waals surface area contributed by atoms with Crippen LogP contribution in [0.15, 0.2) is 47.9 Å². The van der Waals surface area contributed by atoms with Crippen molar-refractivity contribution in [1.29, 1.82) is 0 Å². The van der Waals surface area contributed by atoms with Crippen molar-refractivity contribution in [3.8, 4) is 5.75 Å². The van der Waals surface area contributed by atoms with Crippen molar-refractivity contribution in [2.24, 2.45) is 5.92 Å². The molecule has 3 aliphatic rings. The van der Waals surface area contributed by atoms with Crippen molar-refractivity contribution in [3.63, 3.8) is 0 Å². The molecule has 1 saturated carbocycles. The molecule has 8 heteroatoms. The minimum Gasteiger partial charge on any atom is -0.498 e. The molecule has 0 unspecified atom stereocenters. The minimum atomic E-state index is -4.67. The molecule has 0 bridgehead atoms. The van der Waals surface area contributed by atoms with Crippen LogP contribution in [0, 0.1) is 5.92 Å². The van der Waals surface area contributed by atoms with Crippen LogP contribution in [-0.2, 0) is 19.7 Å². The average Bonchev–Trinajstić information content (AvgIpc) is 2.77. The van der Waals surface area contributed by atoms with Gasteiger partial charge in [-0.15, -0.1) is 13.2 Å². The quantitative estimate of drug-likeness (QED) is 0.536. The largest absolute Gasteiger partial charge is 0.572 e. The fraction of sp³-hybridized carbons (Fsp3) is 0.560. The van der Waals surface area contributed by atoms with Crippen LogP contribution >= 0.6 is 0 Å². The van der Waals surface area contributed by atoms with Crippen LogP contribution in [0.5, 0.6) is 5.75 Å². The summed E-state index contributed by atoms with van der Waals surface area (Å²) in [6, 6.07) is 7.82. The maximum absolute atomic E-state index is 13.6. The van der Waals surface area contributed by atoms with Crippen LogP contribution < -0.4 is 4.74 Å². The van der Waals surface area contributed by atoms with Gasteiger partial charge in [0.05, 0.1) is 24.9 Å². The molecule has 1 heterocycles. The van der Waals surface area contributed by atoms with Gasteiger partial charge in [-0.3, -0.25) is 4.79 Å². The highest BCUT2D eigenvalue weighted by Crippen LogP contribution is 2.46. The molecular weight excluding hydrogens is 435 g/mol. The van der Waals surface area contributed by atoms with Crippen molar-refractivity contribution in [1.82, 2.24) is 4.90 Å². The van der Waals surface area contributed by atoms with Gasteiger partial charge in [-0.05, 0) is 55.5 Å². The van der Waals surface area contributed by atoms with E-state index in [9.17, 15) is 18.0 Å². The fourth-order valence-corrected chi connectivity index (χ4v) is 4.93. The van der Waals surface area contributed by atoms with Gasteiger partial charge in [0, 0.05) is 31.8 Å². The number of halogens is 3. The van der Waals surface area contributed by atoms with E-state index in [1.165, 1.54) is 6.08 Å². The Balaban J connectivity index is 1.34. The van der Waals surface area contributed by atoms with Gasteiger partial charge in [0.2, 0.25) is 5.91 Å². The van der Waals surface area contributed by atoms with E-state index >= 15 is 0 Å². The fourth-order valence-electron chi connectivity index (χ4n) is 4.93. The second kappa shape index (κ2) is 9.69. The first-order chi connectivity index (χ1) is 15.8. The van der Waals surface area contributed by atoms with E-state index in [0.717, 1.165) is 50.0 Å². The predicted molar refractivity (Wildman–Crippen MR) is 116 cm³/mol. The first-order valence-electron chi connectivity index (χ1n) is 11.5. The zero-order chi connectivity index (χ0) is 23.5. The molecule has 0 radical (unpaired) electrons. The Morgan fingerprint density at radius 1 is 1.09 bits per heavy atom. The molecular formula is C25H30F3NO4. The number of allylic oxidation sites excluding steroid dienone is 4. The Kier molecular flexibility index (Phi) is 6.91. The van der Waals surface area contributed by atoms with Crippen molar-refractivity contribution >= 4 is 5.91 Å². The summed E-state index contributed by atoms with van der Waals surface area (Å²) >= 11 is 0. The number of alkyl halides is 3. The number of ether oxygens (including phenoxy) is 3. The second-order valence-electron chi connectivity index (χ2n) is 9.05. The maximum atomic E-state index is 13.6. The number of likely N-dealkylation sites (tertiary alicyclic amines) is 1. The lowest BCUT2D eigenvalue weighted by molar-refractivity contribution is -0.306. The monoisotopic (exact) mass is 465 g/mol. The van der Waals surface area contributed by atoms with Crippen molar-refractivity contribution in [2.45, 2.75) is 56.7 Å². The lowest BCUT2D eigenvalue weighted by atomic mass is 9.63. The average molecular weight is 466 g/mol. The van der Waals surface area contributed by atoms with E-state index in [4.69, 9.17) is 9.47 Å². The van der Waals surface area contributed by atoms with E-state index in [2.05, 4.69) is 4.74 Å². The molecule has 4 rings (SSSR count). The van der Waals surface area contributed by atoms with Crippen LogP contribution in [0.4, 0.5) is 13.2 Å². The van der Waals surface area contributed by atoms with Gasteiger partial charge in [-0.1, -0.05) is 18.6 Å². The summed E-state index contributed by atoms with van der Waals surface area (Å²) < 4.78 is 52.1. The first-order valence-corrected chi connectivity index (χ1v) is 11.5. The van der Waals surface area contributed by atoms with Crippen molar-refractivity contribution < 1.29 is 32.2 Å². The third-order valence-electron chi connectivity index (χ3n) is 6.89. The van der Waals surface area contributed by atoms with E-state index in [0.29, 0.717) is 25.3 Å². The zero-order valence-corrected chi connectivity index (χ0v) is 18.8. The third kappa shape index (κ3) is 5.47. The smallest absolute Gasteiger partial charge is 0.498 e. The number of benzene rings is 1. The van der Waals surface area contributed by atoms with Gasteiger partial charge in [0.25, 0.3) is 0 Å². The van der Waals surface area contributed by atoms with Gasteiger partial charge < -0.3 is 19.1 Å². The van der Waals surface area contributed by atoms with E-state index in [1.807, 2.05) is 29.2 Å². The van der Waals surface area contributed by atoms with Crippen LogP contribution in [0.1, 0.15) is 50.5 Å². The SMILES string of the molecule is COc1ccc(C2(C(=O)N3CCC[C@@H](COC4=CC=C(OC(F)(F)F)CC4)C3)CCC2)cc1. The molecule has 0 aromatic heterocycles. The molecule has 33 heavy (non-hydrogen) atoms.